The molecule has 0 aliphatic carbocycles. The SMILES string of the molecule is O=C(O)c1ccc(F)c(S(=O)(=O)N2CCCN(C(=O)c3ccco3)CC2)c1. The molecule has 1 aliphatic heterocycles. The average molecular weight is 396 g/mol. The summed E-state index contributed by atoms with van der Waals surface area (Å²) < 4.78 is 45.9. The summed E-state index contributed by atoms with van der Waals surface area (Å²) in [6, 6.07) is 5.74. The van der Waals surface area contributed by atoms with Gasteiger partial charge in [0.15, 0.2) is 5.76 Å². The number of carboxylic acids is 1. The van der Waals surface area contributed by atoms with E-state index in [1.165, 1.54) is 17.2 Å². The minimum atomic E-state index is -4.24. The molecule has 2 aromatic rings. The second kappa shape index (κ2) is 7.49. The summed E-state index contributed by atoms with van der Waals surface area (Å²) in [5.41, 5.74) is -0.320. The van der Waals surface area contributed by atoms with Crippen LogP contribution in [0.1, 0.15) is 27.3 Å². The molecule has 0 atom stereocenters. The van der Waals surface area contributed by atoms with Crippen molar-refractivity contribution >= 4 is 21.9 Å². The van der Waals surface area contributed by atoms with Crippen molar-refractivity contribution < 1.29 is 31.9 Å². The summed E-state index contributed by atoms with van der Waals surface area (Å²) in [4.78, 5) is 24.2. The summed E-state index contributed by atoms with van der Waals surface area (Å²) in [5.74, 6) is -2.56. The molecule has 10 heteroatoms. The Morgan fingerprint density at radius 1 is 1.11 bits per heavy atom. The Morgan fingerprint density at radius 3 is 2.56 bits per heavy atom. The first-order valence-electron chi connectivity index (χ1n) is 8.16. The topological polar surface area (TPSA) is 108 Å². The summed E-state index contributed by atoms with van der Waals surface area (Å²) in [5, 5.41) is 9.02. The molecular weight excluding hydrogens is 379 g/mol. The molecule has 0 unspecified atom stereocenters. The van der Waals surface area contributed by atoms with E-state index in [9.17, 15) is 22.4 Å². The van der Waals surface area contributed by atoms with Crippen LogP contribution in [0.15, 0.2) is 45.9 Å². The third-order valence-electron chi connectivity index (χ3n) is 4.27. The third kappa shape index (κ3) is 3.86. The smallest absolute Gasteiger partial charge is 0.335 e. The number of carboxylic acid groups (broad SMARTS) is 1. The van der Waals surface area contributed by atoms with Crippen LogP contribution >= 0.6 is 0 Å². The minimum Gasteiger partial charge on any atom is -0.478 e. The fourth-order valence-corrected chi connectivity index (χ4v) is 4.43. The number of nitrogens with zero attached hydrogens (tertiary/aromatic N) is 2. The van der Waals surface area contributed by atoms with Crippen molar-refractivity contribution in [1.29, 1.82) is 0 Å². The van der Waals surface area contributed by atoms with Gasteiger partial charge in [0.05, 0.1) is 11.8 Å². The average Bonchev–Trinajstić information content (AvgIpc) is 3.05. The van der Waals surface area contributed by atoms with E-state index < -0.39 is 26.7 Å². The molecule has 8 nitrogen and oxygen atoms in total. The van der Waals surface area contributed by atoms with Crippen LogP contribution in [-0.2, 0) is 10.0 Å². The molecule has 1 aromatic carbocycles. The van der Waals surface area contributed by atoms with Gasteiger partial charge in [-0.15, -0.1) is 0 Å². The third-order valence-corrected chi connectivity index (χ3v) is 6.18. The van der Waals surface area contributed by atoms with Gasteiger partial charge in [0.2, 0.25) is 10.0 Å². The molecule has 0 spiro atoms. The van der Waals surface area contributed by atoms with Crippen LogP contribution in [0.3, 0.4) is 0 Å². The molecule has 27 heavy (non-hydrogen) atoms. The van der Waals surface area contributed by atoms with E-state index in [4.69, 9.17) is 9.52 Å². The van der Waals surface area contributed by atoms with Gasteiger partial charge in [-0.3, -0.25) is 4.79 Å². The predicted octanol–water partition coefficient (Wildman–Crippen LogP) is 1.65. The number of sulfonamides is 1. The number of benzene rings is 1. The highest BCUT2D eigenvalue weighted by Gasteiger charge is 2.31. The number of aromatic carboxylic acids is 1. The van der Waals surface area contributed by atoms with Gasteiger partial charge in [-0.05, 0) is 36.8 Å². The van der Waals surface area contributed by atoms with E-state index in [1.54, 1.807) is 6.07 Å². The number of hydrogen-bond acceptors (Lipinski definition) is 5. The molecule has 1 saturated heterocycles. The second-order valence-corrected chi connectivity index (χ2v) is 7.88. The highest BCUT2D eigenvalue weighted by atomic mass is 32.2. The Hall–Kier alpha value is -2.72. The number of carbonyl (C=O) groups excluding carboxylic acids is 1. The number of carbonyl (C=O) groups is 2. The lowest BCUT2D eigenvalue weighted by Crippen LogP contribution is -2.37. The maximum Gasteiger partial charge on any atom is 0.335 e. The van der Waals surface area contributed by atoms with E-state index >= 15 is 0 Å². The molecule has 1 amide bonds. The van der Waals surface area contributed by atoms with Crippen LogP contribution in [0.25, 0.3) is 0 Å². The molecule has 1 aliphatic rings. The van der Waals surface area contributed by atoms with Crippen LogP contribution < -0.4 is 0 Å². The maximum absolute atomic E-state index is 14.1. The fraction of sp³-hybridized carbons (Fsp3) is 0.294. The molecule has 0 bridgehead atoms. The standard InChI is InChI=1S/C17H17FN2O6S/c18-13-5-4-12(17(22)23)11-15(13)27(24,25)20-7-2-6-19(8-9-20)16(21)14-3-1-10-26-14/h1,3-5,10-11H,2,6-9H2,(H,22,23). The molecule has 0 radical (unpaired) electrons. The number of amides is 1. The van der Waals surface area contributed by atoms with E-state index in [0.29, 0.717) is 13.0 Å². The number of furan rings is 1. The zero-order valence-corrected chi connectivity index (χ0v) is 15.0. The van der Waals surface area contributed by atoms with E-state index in [0.717, 1.165) is 22.5 Å². The van der Waals surface area contributed by atoms with Gasteiger partial charge >= 0.3 is 5.97 Å². The van der Waals surface area contributed by atoms with Crippen molar-refractivity contribution in [3.8, 4) is 0 Å². The summed E-state index contributed by atoms with van der Waals surface area (Å²) >= 11 is 0. The monoisotopic (exact) mass is 396 g/mol. The zero-order valence-electron chi connectivity index (χ0n) is 14.2. The molecule has 1 N–H and O–H groups in total. The van der Waals surface area contributed by atoms with Crippen LogP contribution in [0.2, 0.25) is 0 Å². The van der Waals surface area contributed by atoms with Crippen LogP contribution in [0.5, 0.6) is 0 Å². The Labute approximate surface area is 154 Å². The highest BCUT2D eigenvalue weighted by Crippen LogP contribution is 2.22. The zero-order chi connectivity index (χ0) is 19.6. The van der Waals surface area contributed by atoms with Crippen molar-refractivity contribution in [2.24, 2.45) is 0 Å². The number of rotatable bonds is 4. The number of hydrogen-bond donors (Lipinski definition) is 1. The molecule has 1 aromatic heterocycles. The minimum absolute atomic E-state index is 0.0362. The summed E-state index contributed by atoms with van der Waals surface area (Å²) in [6.45, 7) is 0.481. The Bertz CT molecular complexity index is 958. The lowest BCUT2D eigenvalue weighted by Gasteiger charge is -2.21. The van der Waals surface area contributed by atoms with Gasteiger partial charge in [0.1, 0.15) is 10.7 Å². The largest absolute Gasteiger partial charge is 0.478 e. The van der Waals surface area contributed by atoms with Crippen LogP contribution in [0, 0.1) is 5.82 Å². The molecule has 2 heterocycles. The van der Waals surface area contributed by atoms with Gasteiger partial charge in [-0.2, -0.15) is 4.31 Å². The molecule has 0 saturated carbocycles. The van der Waals surface area contributed by atoms with Gasteiger partial charge < -0.3 is 14.4 Å². The molecule has 144 valence electrons. The van der Waals surface area contributed by atoms with Gasteiger partial charge in [0.25, 0.3) is 5.91 Å². The van der Waals surface area contributed by atoms with Crippen molar-refractivity contribution in [2.75, 3.05) is 26.2 Å². The first-order chi connectivity index (χ1) is 12.8. The Morgan fingerprint density at radius 2 is 1.89 bits per heavy atom. The first kappa shape index (κ1) is 19.1. The Balaban J connectivity index is 1.81. The molecule has 1 fully saturated rings. The van der Waals surface area contributed by atoms with Crippen molar-refractivity contribution in [2.45, 2.75) is 11.3 Å². The normalized spacial score (nSPS) is 16.1. The van der Waals surface area contributed by atoms with Crippen molar-refractivity contribution in [1.82, 2.24) is 9.21 Å². The number of halogens is 1. The molecular formula is C17H17FN2O6S. The quantitative estimate of drug-likeness (QED) is 0.842. The molecule has 3 rings (SSSR count). The van der Waals surface area contributed by atoms with Gasteiger partial charge in [0, 0.05) is 26.2 Å². The maximum atomic E-state index is 14.1. The van der Waals surface area contributed by atoms with Gasteiger partial charge in [-0.25, -0.2) is 17.6 Å². The summed E-state index contributed by atoms with van der Waals surface area (Å²) in [7, 11) is -4.24. The van der Waals surface area contributed by atoms with Crippen LogP contribution in [0.4, 0.5) is 4.39 Å². The summed E-state index contributed by atoms with van der Waals surface area (Å²) in [6.07, 6.45) is 1.73. The highest BCUT2D eigenvalue weighted by molar-refractivity contribution is 7.89. The Kier molecular flexibility index (Phi) is 5.29. The van der Waals surface area contributed by atoms with Crippen molar-refractivity contribution in [3.05, 3.63) is 53.7 Å². The van der Waals surface area contributed by atoms with Gasteiger partial charge in [-0.1, -0.05) is 0 Å². The van der Waals surface area contributed by atoms with E-state index in [2.05, 4.69) is 0 Å². The second-order valence-electron chi connectivity index (χ2n) is 5.98. The first-order valence-corrected chi connectivity index (χ1v) is 9.60. The fourth-order valence-electron chi connectivity index (χ4n) is 2.87. The lowest BCUT2D eigenvalue weighted by molar-refractivity contribution is 0.0694. The van der Waals surface area contributed by atoms with Crippen molar-refractivity contribution in [3.63, 3.8) is 0 Å². The van der Waals surface area contributed by atoms with Crippen LogP contribution in [-0.4, -0.2) is 60.8 Å². The van der Waals surface area contributed by atoms with E-state index in [1.807, 2.05) is 0 Å². The predicted molar refractivity (Wildman–Crippen MR) is 91.3 cm³/mol. The van der Waals surface area contributed by atoms with E-state index in [-0.39, 0.29) is 36.9 Å². The lowest BCUT2D eigenvalue weighted by atomic mass is 10.2.